The minimum atomic E-state index is -1.36. The molecule has 4 unspecified atom stereocenters. The zero-order valence-electron chi connectivity index (χ0n) is 25.3. The molecule has 3 heterocycles. The summed E-state index contributed by atoms with van der Waals surface area (Å²) in [6.45, 7) is 12.4. The minimum Gasteiger partial charge on any atom is -0.375 e. The van der Waals surface area contributed by atoms with Gasteiger partial charge in [0.05, 0.1) is 43.9 Å². The van der Waals surface area contributed by atoms with Crippen LogP contribution in [0.5, 0.6) is 0 Å². The summed E-state index contributed by atoms with van der Waals surface area (Å²) in [7, 11) is -0.477. The lowest BCUT2D eigenvalue weighted by molar-refractivity contribution is -0.305. The van der Waals surface area contributed by atoms with Crippen LogP contribution in [0.2, 0.25) is 5.02 Å². The van der Waals surface area contributed by atoms with Crippen molar-refractivity contribution in [2.75, 3.05) is 40.1 Å². The third-order valence-electron chi connectivity index (χ3n) is 4.51. The van der Waals surface area contributed by atoms with E-state index in [4.69, 9.17) is 50.1 Å². The van der Waals surface area contributed by atoms with E-state index in [0.29, 0.717) is 41.8 Å². The van der Waals surface area contributed by atoms with Crippen LogP contribution in [0, 0.1) is 11.3 Å². The number of ether oxygens (including phenoxy) is 2. The van der Waals surface area contributed by atoms with Crippen molar-refractivity contribution in [3.8, 4) is 6.07 Å². The maximum atomic E-state index is 12.4. The van der Waals surface area contributed by atoms with Gasteiger partial charge in [-0.05, 0) is 12.5 Å². The van der Waals surface area contributed by atoms with Crippen LogP contribution < -0.4 is 0 Å². The fraction of sp³-hybridized carbons (Fsp3) is 0.692. The summed E-state index contributed by atoms with van der Waals surface area (Å²) in [5.41, 5.74) is 1.34. The number of rotatable bonds is 15. The van der Waals surface area contributed by atoms with E-state index in [-0.39, 0.29) is 32.8 Å². The first-order valence-electron chi connectivity index (χ1n) is 13.7. The van der Waals surface area contributed by atoms with Crippen LogP contribution in [0.1, 0.15) is 59.7 Å². The second kappa shape index (κ2) is 27.2. The van der Waals surface area contributed by atoms with E-state index < -0.39 is 29.3 Å². The third kappa shape index (κ3) is 17.0. The Balaban J connectivity index is 0.000000992. The SMILES string of the molecule is CC.CCC.CCCOOCc1nc2cc(Cl)cnc2n1CCO[P+](=COC)OCCC#N.OPOC1COCC1F. The molecule has 0 aliphatic carbocycles. The van der Waals surface area contributed by atoms with E-state index in [1.165, 1.54) is 19.5 Å². The normalized spacial score (nSPS) is 16.3. The van der Waals surface area contributed by atoms with Crippen molar-refractivity contribution in [1.29, 1.82) is 5.26 Å². The Kier molecular flexibility index (Phi) is 26.3. The van der Waals surface area contributed by atoms with E-state index in [1.54, 1.807) is 12.3 Å². The van der Waals surface area contributed by atoms with Crippen molar-refractivity contribution >= 4 is 45.8 Å². The lowest BCUT2D eigenvalue weighted by Crippen LogP contribution is -2.19. The molecule has 1 N–H and O–H groups in total. The number of nitriles is 1. The molecule has 0 amide bonds. The first kappa shape index (κ1) is 40.6. The molecule has 12 nitrogen and oxygen atoms in total. The summed E-state index contributed by atoms with van der Waals surface area (Å²) in [6.07, 6.45) is 2.35. The van der Waals surface area contributed by atoms with Crippen LogP contribution in [0.25, 0.3) is 11.2 Å². The smallest absolute Gasteiger partial charge is 0.375 e. The number of nitrogens with zero attached hydrogens (tertiary/aromatic N) is 4. The predicted octanol–water partition coefficient (Wildman–Crippen LogP) is 6.29. The quantitative estimate of drug-likeness (QED) is 0.100. The Morgan fingerprint density at radius 3 is 2.55 bits per heavy atom. The minimum absolute atomic E-state index is 0.0924. The Bertz CT molecular complexity index is 1030. The average Bonchev–Trinajstić information content (AvgIpc) is 3.55. The summed E-state index contributed by atoms with van der Waals surface area (Å²) in [4.78, 5) is 27.4. The van der Waals surface area contributed by atoms with Gasteiger partial charge in [0.1, 0.15) is 37.3 Å². The highest BCUT2D eigenvalue weighted by molar-refractivity contribution is 7.46. The van der Waals surface area contributed by atoms with Crippen LogP contribution in [0.4, 0.5) is 4.39 Å². The summed E-state index contributed by atoms with van der Waals surface area (Å²) < 4.78 is 39.9. The van der Waals surface area contributed by atoms with Crippen LogP contribution in [0.3, 0.4) is 0 Å². The second-order valence-corrected chi connectivity index (χ2v) is 10.1. The van der Waals surface area contributed by atoms with Crippen molar-refractivity contribution in [3.05, 3.63) is 23.1 Å². The highest BCUT2D eigenvalue weighted by atomic mass is 35.5. The molecule has 2 aromatic heterocycles. The van der Waals surface area contributed by atoms with Crippen LogP contribution in [0.15, 0.2) is 12.3 Å². The molecule has 1 aliphatic rings. The molecule has 42 heavy (non-hydrogen) atoms. The van der Waals surface area contributed by atoms with Crippen LogP contribution in [-0.4, -0.2) is 77.8 Å². The van der Waals surface area contributed by atoms with Gasteiger partial charge in [0.2, 0.25) is 0 Å². The first-order chi connectivity index (χ1) is 20.4. The van der Waals surface area contributed by atoms with E-state index in [2.05, 4.69) is 28.3 Å². The monoisotopic (exact) mass is 657 g/mol. The number of halogens is 2. The first-order valence-corrected chi connectivity index (χ1v) is 16.2. The Hall–Kier alpha value is -1.39. The predicted molar refractivity (Wildman–Crippen MR) is 164 cm³/mol. The van der Waals surface area contributed by atoms with Gasteiger partial charge in [-0.1, -0.05) is 52.6 Å². The van der Waals surface area contributed by atoms with Crippen molar-refractivity contribution in [1.82, 2.24) is 14.5 Å². The number of fused-ring (bicyclic) bond motifs is 1. The summed E-state index contributed by atoms with van der Waals surface area (Å²) in [6, 6.07) is 3.77. The number of imidazole rings is 1. The molecule has 0 bridgehead atoms. The summed E-state index contributed by atoms with van der Waals surface area (Å²) in [5.74, 6) is 2.13. The van der Waals surface area contributed by atoms with Crippen molar-refractivity contribution in [3.63, 3.8) is 0 Å². The molecule has 0 radical (unpaired) electrons. The van der Waals surface area contributed by atoms with E-state index >= 15 is 0 Å². The van der Waals surface area contributed by atoms with Crippen molar-refractivity contribution in [2.45, 2.75) is 79.3 Å². The fourth-order valence-electron chi connectivity index (χ4n) is 2.89. The molecule has 0 saturated carbocycles. The lowest BCUT2D eigenvalue weighted by atomic mass is 10.3. The molecule has 1 saturated heterocycles. The molecular weight excluding hydrogens is 613 g/mol. The zero-order chi connectivity index (χ0) is 31.6. The number of hydrogen-bond acceptors (Lipinski definition) is 11. The molecule has 16 heteroatoms. The van der Waals surface area contributed by atoms with Crippen molar-refractivity contribution < 1.29 is 42.1 Å². The molecule has 1 fully saturated rings. The second-order valence-electron chi connectivity index (χ2n) is 7.97. The number of aromatic nitrogens is 3. The summed E-state index contributed by atoms with van der Waals surface area (Å²) >= 11 is 6.02. The average molecular weight is 658 g/mol. The molecule has 0 spiro atoms. The molecule has 4 atom stereocenters. The summed E-state index contributed by atoms with van der Waals surface area (Å²) in [5, 5.41) is 9.12. The maximum absolute atomic E-state index is 12.4. The highest BCUT2D eigenvalue weighted by Crippen LogP contribution is 2.26. The van der Waals surface area contributed by atoms with Gasteiger partial charge in [0.25, 0.3) is 5.98 Å². The Labute approximate surface area is 256 Å². The topological polar surface area (TPSA) is 139 Å². The van der Waals surface area contributed by atoms with Gasteiger partial charge in [-0.25, -0.2) is 24.1 Å². The molecule has 240 valence electrons. The third-order valence-corrected chi connectivity index (χ3v) is 6.39. The number of alkyl halides is 1. The van der Waals surface area contributed by atoms with Crippen molar-refractivity contribution in [2.24, 2.45) is 0 Å². The van der Waals surface area contributed by atoms with Gasteiger partial charge >= 0.3 is 8.00 Å². The molecular formula is C26H45ClFN4O8P2+. The van der Waals surface area contributed by atoms with E-state index in [1.807, 2.05) is 31.4 Å². The Morgan fingerprint density at radius 1 is 1.24 bits per heavy atom. The molecule has 0 aromatic carbocycles. The molecule has 1 aliphatic heterocycles. The van der Waals surface area contributed by atoms with Gasteiger partial charge in [0.15, 0.2) is 20.9 Å². The number of pyridine rings is 1. The maximum Gasteiger partial charge on any atom is 0.457 e. The van der Waals surface area contributed by atoms with Gasteiger partial charge in [-0.3, -0.25) is 0 Å². The van der Waals surface area contributed by atoms with E-state index in [9.17, 15) is 4.39 Å². The standard InChI is InChI=1S/C17H23ClN4O5P.C4H8FO3P.C3H8.C2H6/c1-3-7-24-25-12-16-21-15-10-14(18)11-20-17(15)22(16)6-9-27-28(13-23-2)26-8-4-5-19;5-3-1-7-2-4(3)8-9-6;1-3-2;1-2/h10-11,13H,3-4,6-9,12H2,1-2H3;3-4,6,9H,1-2H2;3H2,1-2H3;1-2H3/q+1;;;. The Morgan fingerprint density at radius 2 is 1.95 bits per heavy atom. The zero-order valence-corrected chi connectivity index (χ0v) is 27.9. The van der Waals surface area contributed by atoms with Gasteiger partial charge in [-0.2, -0.15) is 5.26 Å². The van der Waals surface area contributed by atoms with Crippen LogP contribution >= 0.6 is 28.6 Å². The molecule has 2 aromatic rings. The van der Waals surface area contributed by atoms with Gasteiger partial charge in [-0.15, -0.1) is 9.05 Å². The number of methoxy groups -OCH3 is 1. The van der Waals surface area contributed by atoms with Gasteiger partial charge in [0, 0.05) is 13.3 Å². The van der Waals surface area contributed by atoms with E-state index in [0.717, 1.165) is 6.42 Å². The number of hydrogen-bond donors (Lipinski definition) is 1. The van der Waals surface area contributed by atoms with Crippen LogP contribution in [-0.2, 0) is 46.0 Å². The lowest BCUT2D eigenvalue weighted by Gasteiger charge is -2.07. The highest BCUT2D eigenvalue weighted by Gasteiger charge is 2.28. The fourth-order valence-corrected chi connectivity index (χ4v) is 4.29. The molecule has 3 rings (SSSR count). The van der Waals surface area contributed by atoms with Gasteiger partial charge < -0.3 is 23.5 Å². The largest absolute Gasteiger partial charge is 0.457 e.